The third-order valence-corrected chi connectivity index (χ3v) is 3.52. The first-order chi connectivity index (χ1) is 8.38. The molecule has 1 aromatic carbocycles. The van der Waals surface area contributed by atoms with Gasteiger partial charge in [0.1, 0.15) is 0 Å². The molecule has 0 amide bonds. The lowest BCUT2D eigenvalue weighted by atomic mass is 9.85. The van der Waals surface area contributed by atoms with Gasteiger partial charge < -0.3 is 10.6 Å². The Balaban J connectivity index is 2.13. The highest BCUT2D eigenvalue weighted by molar-refractivity contribution is 5.68. The number of nitrogens with two attached hydrogens (primary N) is 1. The topological polar surface area (TPSA) is 29.3 Å². The lowest BCUT2D eigenvalue weighted by Crippen LogP contribution is -2.29. The van der Waals surface area contributed by atoms with Crippen LogP contribution in [0.2, 0.25) is 0 Å². The van der Waals surface area contributed by atoms with Crippen LogP contribution in [0.4, 0.5) is 24.5 Å². The maximum Gasteiger partial charge on any atom is 0.416 e. The summed E-state index contributed by atoms with van der Waals surface area (Å²) in [4.78, 5) is 1.94. The molecule has 0 saturated heterocycles. The Bertz CT molecular complexity index is 425. The van der Waals surface area contributed by atoms with E-state index in [1.54, 1.807) is 0 Å². The summed E-state index contributed by atoms with van der Waals surface area (Å²) in [7, 11) is 1.87. The van der Waals surface area contributed by atoms with E-state index >= 15 is 0 Å². The zero-order valence-electron chi connectivity index (χ0n) is 10.3. The molecular weight excluding hydrogens is 241 g/mol. The average Bonchev–Trinajstić information content (AvgIpc) is 2.21. The molecule has 0 unspecified atom stereocenters. The van der Waals surface area contributed by atoms with Crippen LogP contribution in [0.5, 0.6) is 0 Å². The van der Waals surface area contributed by atoms with Crippen molar-refractivity contribution < 1.29 is 13.2 Å². The van der Waals surface area contributed by atoms with Crippen LogP contribution in [-0.4, -0.2) is 13.6 Å². The molecule has 0 heterocycles. The van der Waals surface area contributed by atoms with Crippen LogP contribution in [-0.2, 0) is 6.18 Å². The van der Waals surface area contributed by atoms with Gasteiger partial charge in [-0.25, -0.2) is 0 Å². The number of halogens is 3. The molecule has 100 valence electrons. The second kappa shape index (κ2) is 4.71. The van der Waals surface area contributed by atoms with Gasteiger partial charge in [-0.3, -0.25) is 0 Å². The molecule has 0 radical (unpaired) electrons. The summed E-state index contributed by atoms with van der Waals surface area (Å²) in [5.74, 6) is 0.650. The van der Waals surface area contributed by atoms with Gasteiger partial charge in [-0.2, -0.15) is 13.2 Å². The first-order valence-corrected chi connectivity index (χ1v) is 6.06. The molecule has 18 heavy (non-hydrogen) atoms. The number of benzene rings is 1. The second-order valence-electron chi connectivity index (χ2n) is 4.95. The molecule has 0 aromatic heterocycles. The Hall–Kier alpha value is -1.39. The van der Waals surface area contributed by atoms with Gasteiger partial charge in [-0.1, -0.05) is 6.42 Å². The fourth-order valence-electron chi connectivity index (χ4n) is 2.24. The minimum atomic E-state index is -4.33. The van der Waals surface area contributed by atoms with Crippen LogP contribution in [0.15, 0.2) is 18.2 Å². The van der Waals surface area contributed by atoms with Crippen molar-refractivity contribution in [3.05, 3.63) is 23.8 Å². The molecule has 0 bridgehead atoms. The van der Waals surface area contributed by atoms with Crippen LogP contribution in [0.25, 0.3) is 0 Å². The highest BCUT2D eigenvalue weighted by Crippen LogP contribution is 2.35. The van der Waals surface area contributed by atoms with Gasteiger partial charge in [-0.05, 0) is 37.0 Å². The molecule has 2 N–H and O–H groups in total. The van der Waals surface area contributed by atoms with Crippen LogP contribution in [0.3, 0.4) is 0 Å². The monoisotopic (exact) mass is 258 g/mol. The van der Waals surface area contributed by atoms with Crippen LogP contribution in [0.1, 0.15) is 24.8 Å². The highest BCUT2D eigenvalue weighted by Gasteiger charge is 2.31. The van der Waals surface area contributed by atoms with Crippen molar-refractivity contribution in [3.8, 4) is 0 Å². The summed E-state index contributed by atoms with van der Waals surface area (Å²) >= 11 is 0. The van der Waals surface area contributed by atoms with Gasteiger partial charge in [0, 0.05) is 13.6 Å². The smallest absolute Gasteiger partial charge is 0.397 e. The van der Waals surface area contributed by atoms with Crippen molar-refractivity contribution in [1.82, 2.24) is 0 Å². The molecule has 0 spiro atoms. The molecule has 2 nitrogen and oxygen atoms in total. The Kier molecular flexibility index (Phi) is 3.41. The molecule has 0 atom stereocenters. The zero-order valence-corrected chi connectivity index (χ0v) is 10.3. The largest absolute Gasteiger partial charge is 0.416 e. The summed E-state index contributed by atoms with van der Waals surface area (Å²) < 4.78 is 37.5. The van der Waals surface area contributed by atoms with Crippen LogP contribution >= 0.6 is 0 Å². The molecule has 2 rings (SSSR count). The third kappa shape index (κ3) is 2.71. The second-order valence-corrected chi connectivity index (χ2v) is 4.95. The molecule has 0 aliphatic heterocycles. The van der Waals surface area contributed by atoms with E-state index in [4.69, 9.17) is 5.73 Å². The predicted molar refractivity (Wildman–Crippen MR) is 66.5 cm³/mol. The number of hydrogen-bond acceptors (Lipinski definition) is 2. The summed E-state index contributed by atoms with van der Waals surface area (Å²) in [6.07, 6.45) is -0.685. The van der Waals surface area contributed by atoms with E-state index in [2.05, 4.69) is 0 Å². The van der Waals surface area contributed by atoms with Gasteiger partial charge in [-0.15, -0.1) is 0 Å². The van der Waals surface area contributed by atoms with Crippen molar-refractivity contribution in [2.24, 2.45) is 5.92 Å². The van der Waals surface area contributed by atoms with Crippen LogP contribution in [0, 0.1) is 5.92 Å². The fraction of sp³-hybridized carbons (Fsp3) is 0.538. The zero-order chi connectivity index (χ0) is 13.3. The molecule has 1 saturated carbocycles. The number of rotatable bonds is 3. The Morgan fingerprint density at radius 3 is 2.44 bits per heavy atom. The number of nitrogens with zero attached hydrogens (tertiary/aromatic N) is 1. The first-order valence-electron chi connectivity index (χ1n) is 6.06. The summed E-state index contributed by atoms with van der Waals surface area (Å²) in [5.41, 5.74) is 5.88. The van der Waals surface area contributed by atoms with Crippen LogP contribution < -0.4 is 10.6 Å². The highest BCUT2D eigenvalue weighted by atomic mass is 19.4. The van der Waals surface area contributed by atoms with Gasteiger partial charge >= 0.3 is 6.18 Å². The van der Waals surface area contributed by atoms with Crippen molar-refractivity contribution in [2.75, 3.05) is 24.2 Å². The Morgan fingerprint density at radius 2 is 2.00 bits per heavy atom. The summed E-state index contributed by atoms with van der Waals surface area (Å²) in [5, 5.41) is 0. The Labute approximate surface area is 105 Å². The lowest BCUT2D eigenvalue weighted by molar-refractivity contribution is -0.137. The van der Waals surface area contributed by atoms with E-state index in [0.29, 0.717) is 11.6 Å². The lowest BCUT2D eigenvalue weighted by Gasteiger charge is -2.32. The first kappa shape index (κ1) is 13.1. The van der Waals surface area contributed by atoms with Gasteiger partial charge in [0.25, 0.3) is 0 Å². The molecule has 1 aliphatic carbocycles. The summed E-state index contributed by atoms with van der Waals surface area (Å²) in [6, 6.07) is 3.55. The minimum absolute atomic E-state index is 0.187. The maximum atomic E-state index is 12.5. The quantitative estimate of drug-likeness (QED) is 0.840. The number of anilines is 2. The molecule has 1 aliphatic rings. The normalized spacial score (nSPS) is 16.4. The minimum Gasteiger partial charge on any atom is -0.397 e. The number of hydrogen-bond donors (Lipinski definition) is 1. The summed E-state index contributed by atoms with van der Waals surface area (Å²) in [6.45, 7) is 0.857. The van der Waals surface area contributed by atoms with Crippen molar-refractivity contribution in [2.45, 2.75) is 25.4 Å². The SMILES string of the molecule is CN(CC1CCC1)c1ccc(C(F)(F)F)cc1N. The van der Waals surface area contributed by atoms with Gasteiger partial charge in [0.2, 0.25) is 0 Å². The third-order valence-electron chi connectivity index (χ3n) is 3.52. The number of alkyl halides is 3. The van der Waals surface area contributed by atoms with E-state index in [1.165, 1.54) is 25.3 Å². The average molecular weight is 258 g/mol. The van der Waals surface area contributed by atoms with Crippen molar-refractivity contribution in [1.29, 1.82) is 0 Å². The Morgan fingerprint density at radius 1 is 1.33 bits per heavy atom. The fourth-order valence-corrected chi connectivity index (χ4v) is 2.24. The standard InChI is InChI=1S/C13H17F3N2/c1-18(8-9-3-2-4-9)12-6-5-10(7-11(12)17)13(14,15)16/h5-7,9H,2-4,8,17H2,1H3. The van der Waals surface area contributed by atoms with E-state index in [0.717, 1.165) is 18.7 Å². The van der Waals surface area contributed by atoms with Crippen molar-refractivity contribution in [3.63, 3.8) is 0 Å². The van der Waals surface area contributed by atoms with E-state index < -0.39 is 11.7 Å². The molecule has 1 fully saturated rings. The van der Waals surface area contributed by atoms with E-state index in [1.807, 2.05) is 11.9 Å². The van der Waals surface area contributed by atoms with Crippen molar-refractivity contribution >= 4 is 11.4 Å². The van der Waals surface area contributed by atoms with E-state index in [9.17, 15) is 13.2 Å². The van der Waals surface area contributed by atoms with Gasteiger partial charge in [0.05, 0.1) is 16.9 Å². The maximum absolute atomic E-state index is 12.5. The molecule has 5 heteroatoms. The van der Waals surface area contributed by atoms with Gasteiger partial charge in [0.15, 0.2) is 0 Å². The number of nitrogen functional groups attached to an aromatic ring is 1. The van der Waals surface area contributed by atoms with E-state index in [-0.39, 0.29) is 5.69 Å². The molecular formula is C13H17F3N2. The molecule has 1 aromatic rings. The predicted octanol–water partition coefficient (Wildman–Crippen LogP) is 3.52.